The molecule has 7 nitrogen and oxygen atoms in total. The van der Waals surface area contributed by atoms with Gasteiger partial charge in [-0.2, -0.15) is 0 Å². The maximum atomic E-state index is 13.9. The number of aliphatic imine (C=N–C) groups is 1. The lowest BCUT2D eigenvalue weighted by atomic mass is 9.98. The number of H-pyrrole nitrogens is 1. The van der Waals surface area contributed by atoms with Crippen molar-refractivity contribution < 1.29 is 19.0 Å². The van der Waals surface area contributed by atoms with Gasteiger partial charge in [0, 0.05) is 50.1 Å². The van der Waals surface area contributed by atoms with Gasteiger partial charge in [-0.3, -0.25) is 9.69 Å². The van der Waals surface area contributed by atoms with Crippen molar-refractivity contribution in [1.82, 2.24) is 14.8 Å². The van der Waals surface area contributed by atoms with Gasteiger partial charge >= 0.3 is 5.97 Å². The number of aromatic nitrogens is 1. The maximum Gasteiger partial charge on any atom is 0.305 e. The number of hydrogen-bond donors (Lipinski definition) is 2. The Balaban J connectivity index is 1.47. The Morgan fingerprint density at radius 1 is 1.00 bits per heavy atom. The van der Waals surface area contributed by atoms with E-state index in [1.54, 1.807) is 6.07 Å². The van der Waals surface area contributed by atoms with Crippen LogP contribution in [0.5, 0.6) is 5.88 Å². The number of rotatable bonds is 8. The second kappa shape index (κ2) is 11.8. The van der Waals surface area contributed by atoms with Gasteiger partial charge in [0.1, 0.15) is 5.82 Å². The van der Waals surface area contributed by atoms with Crippen LogP contribution in [0.1, 0.15) is 28.7 Å². The van der Waals surface area contributed by atoms with Gasteiger partial charge in [-0.1, -0.05) is 36.4 Å². The number of likely N-dealkylation sites (N-methyl/N-ethyl adjacent to an activating group) is 1. The number of halogens is 1. The fourth-order valence-electron chi connectivity index (χ4n) is 4.91. The number of nitrogens with one attached hydrogen (secondary N) is 1. The highest BCUT2D eigenvalue weighted by atomic mass is 19.1. The van der Waals surface area contributed by atoms with Gasteiger partial charge in [-0.25, -0.2) is 9.38 Å². The molecule has 0 saturated carbocycles. The Bertz CT molecular complexity index is 1470. The Labute approximate surface area is 227 Å². The standard InChI is InChI=1S/C31H33FN4O3/c1-35-15-17-36(18-16-35)20-22-5-11-25(12-6-22)33-30(23-8-3-21(4-9-23)7-14-28(37)39-2)29-26-13-10-24(32)19-27(26)34-31(29)38/h3-6,8-13,19,34,38H,7,14-18,20H2,1-2H3. The van der Waals surface area contributed by atoms with Crippen molar-refractivity contribution in [2.24, 2.45) is 4.99 Å². The molecule has 4 aromatic rings. The van der Waals surface area contributed by atoms with E-state index in [0.717, 1.165) is 49.5 Å². The number of carbonyl (C=O) groups is 1. The number of nitrogens with zero attached hydrogens (tertiary/aromatic N) is 3. The smallest absolute Gasteiger partial charge is 0.305 e. The van der Waals surface area contributed by atoms with Gasteiger partial charge < -0.3 is 19.7 Å². The molecule has 1 fully saturated rings. The summed E-state index contributed by atoms with van der Waals surface area (Å²) >= 11 is 0. The van der Waals surface area contributed by atoms with Gasteiger partial charge in [0.05, 0.1) is 29.6 Å². The average molecular weight is 529 g/mol. The summed E-state index contributed by atoms with van der Waals surface area (Å²) in [5, 5.41) is 11.6. The molecule has 5 rings (SSSR count). The topological polar surface area (TPSA) is 81.2 Å². The zero-order valence-corrected chi connectivity index (χ0v) is 22.3. The molecule has 3 aromatic carbocycles. The zero-order valence-electron chi connectivity index (χ0n) is 22.3. The lowest BCUT2D eigenvalue weighted by Crippen LogP contribution is -2.43. The van der Waals surface area contributed by atoms with E-state index in [-0.39, 0.29) is 17.7 Å². The van der Waals surface area contributed by atoms with Gasteiger partial charge in [-0.05, 0) is 54.9 Å². The number of esters is 1. The number of carbonyl (C=O) groups excluding carboxylic acids is 1. The number of aromatic hydroxyl groups is 1. The van der Waals surface area contributed by atoms with E-state index in [1.165, 1.54) is 24.8 Å². The number of methoxy groups -OCH3 is 1. The second-order valence-corrected chi connectivity index (χ2v) is 10.0. The number of benzene rings is 3. The highest BCUT2D eigenvalue weighted by molar-refractivity contribution is 6.21. The number of ether oxygens (including phenoxy) is 1. The summed E-state index contributed by atoms with van der Waals surface area (Å²) < 4.78 is 18.6. The number of piperazine rings is 1. The summed E-state index contributed by atoms with van der Waals surface area (Å²) in [6, 6.07) is 20.3. The van der Waals surface area contributed by atoms with Crippen LogP contribution in [0.25, 0.3) is 10.9 Å². The molecule has 0 bridgehead atoms. The second-order valence-electron chi connectivity index (χ2n) is 10.0. The van der Waals surface area contributed by atoms with Crippen molar-refractivity contribution in [1.29, 1.82) is 0 Å². The third kappa shape index (κ3) is 6.35. The Morgan fingerprint density at radius 2 is 1.69 bits per heavy atom. The van der Waals surface area contributed by atoms with Gasteiger partial charge in [0.25, 0.3) is 0 Å². The zero-order chi connectivity index (χ0) is 27.4. The van der Waals surface area contributed by atoms with Crippen LogP contribution in [0.3, 0.4) is 0 Å². The van der Waals surface area contributed by atoms with E-state index in [0.29, 0.717) is 35.0 Å². The molecule has 0 spiro atoms. The van der Waals surface area contributed by atoms with E-state index in [1.807, 2.05) is 36.4 Å². The molecule has 0 radical (unpaired) electrons. The molecule has 2 heterocycles. The summed E-state index contributed by atoms with van der Waals surface area (Å²) in [5.41, 5.74) is 5.32. The number of aryl methyl sites for hydroxylation is 1. The van der Waals surface area contributed by atoms with Gasteiger partial charge in [0.2, 0.25) is 0 Å². The predicted octanol–water partition coefficient (Wildman–Crippen LogP) is 5.03. The number of fused-ring (bicyclic) bond motifs is 1. The maximum absolute atomic E-state index is 13.9. The molecular formula is C31H33FN4O3. The fourth-order valence-corrected chi connectivity index (χ4v) is 4.91. The van der Waals surface area contributed by atoms with Gasteiger partial charge in [-0.15, -0.1) is 0 Å². The first-order valence-electron chi connectivity index (χ1n) is 13.1. The molecule has 2 N–H and O–H groups in total. The first kappa shape index (κ1) is 26.6. The Kier molecular flexibility index (Phi) is 8.05. The summed E-state index contributed by atoms with van der Waals surface area (Å²) in [7, 11) is 3.53. The highest BCUT2D eigenvalue weighted by Gasteiger charge is 2.20. The van der Waals surface area contributed by atoms with E-state index in [4.69, 9.17) is 9.73 Å². The van der Waals surface area contributed by atoms with Gasteiger partial charge in [0.15, 0.2) is 5.88 Å². The average Bonchev–Trinajstić information content (AvgIpc) is 3.27. The SMILES string of the molecule is COC(=O)CCc1ccc(C(=Nc2ccc(CN3CCN(C)CC3)cc2)c2c(O)[nH]c3cc(F)ccc23)cc1. The summed E-state index contributed by atoms with van der Waals surface area (Å²) in [6.45, 7) is 5.15. The van der Waals surface area contributed by atoms with E-state index in [9.17, 15) is 14.3 Å². The van der Waals surface area contributed by atoms with Crippen molar-refractivity contribution in [3.05, 3.63) is 94.8 Å². The van der Waals surface area contributed by atoms with E-state index < -0.39 is 0 Å². The third-order valence-electron chi connectivity index (χ3n) is 7.23. The monoisotopic (exact) mass is 528 g/mol. The van der Waals surface area contributed by atoms with E-state index >= 15 is 0 Å². The Morgan fingerprint density at radius 3 is 2.38 bits per heavy atom. The molecular weight excluding hydrogens is 495 g/mol. The minimum absolute atomic E-state index is 0.0733. The van der Waals surface area contributed by atoms with E-state index in [2.05, 4.69) is 34.0 Å². The molecule has 0 amide bonds. The quantitative estimate of drug-likeness (QED) is 0.248. The molecule has 0 unspecified atom stereocenters. The van der Waals surface area contributed by atoms with Crippen LogP contribution in [0, 0.1) is 5.82 Å². The molecule has 0 atom stereocenters. The predicted molar refractivity (Wildman–Crippen MR) is 151 cm³/mol. The molecule has 1 saturated heterocycles. The number of hydrogen-bond acceptors (Lipinski definition) is 6. The molecule has 1 aliphatic heterocycles. The molecule has 39 heavy (non-hydrogen) atoms. The lowest BCUT2D eigenvalue weighted by molar-refractivity contribution is -0.140. The Hall–Kier alpha value is -4.01. The van der Waals surface area contributed by atoms with Crippen LogP contribution in [0.2, 0.25) is 0 Å². The van der Waals surface area contributed by atoms with Crippen LogP contribution >= 0.6 is 0 Å². The van der Waals surface area contributed by atoms with Crippen LogP contribution in [-0.4, -0.2) is 71.9 Å². The van der Waals surface area contributed by atoms with Crippen molar-refractivity contribution in [3.63, 3.8) is 0 Å². The largest absolute Gasteiger partial charge is 0.494 e. The van der Waals surface area contributed by atoms with Crippen molar-refractivity contribution in [2.45, 2.75) is 19.4 Å². The lowest BCUT2D eigenvalue weighted by Gasteiger charge is -2.32. The molecule has 1 aliphatic rings. The van der Waals surface area contributed by atoms with Crippen LogP contribution < -0.4 is 0 Å². The third-order valence-corrected chi connectivity index (χ3v) is 7.23. The van der Waals surface area contributed by atoms with Crippen LogP contribution in [0.15, 0.2) is 71.7 Å². The minimum atomic E-state index is -0.389. The van der Waals surface area contributed by atoms with Crippen LogP contribution in [-0.2, 0) is 22.5 Å². The summed E-state index contributed by atoms with van der Waals surface area (Å²) in [4.78, 5) is 24.2. The molecule has 0 aliphatic carbocycles. The molecule has 1 aromatic heterocycles. The van der Waals surface area contributed by atoms with Crippen LogP contribution in [0.4, 0.5) is 10.1 Å². The first-order chi connectivity index (χ1) is 18.9. The highest BCUT2D eigenvalue weighted by Crippen LogP contribution is 2.32. The fraction of sp³-hybridized carbons (Fsp3) is 0.290. The first-order valence-corrected chi connectivity index (χ1v) is 13.1. The van der Waals surface area contributed by atoms with Crippen molar-refractivity contribution in [3.8, 4) is 5.88 Å². The summed E-state index contributed by atoms with van der Waals surface area (Å²) in [5.74, 6) is -0.719. The number of aromatic amines is 1. The van der Waals surface area contributed by atoms with Crippen molar-refractivity contribution in [2.75, 3.05) is 40.3 Å². The molecule has 8 heteroatoms. The molecule has 202 valence electrons. The normalized spacial score (nSPS) is 15.1. The summed E-state index contributed by atoms with van der Waals surface area (Å²) in [6.07, 6.45) is 0.859. The minimum Gasteiger partial charge on any atom is -0.494 e. The van der Waals surface area contributed by atoms with Crippen molar-refractivity contribution >= 4 is 28.3 Å².